The smallest absolute Gasteiger partial charge is 0.225 e. The van der Waals surface area contributed by atoms with Gasteiger partial charge in [-0.05, 0) is 37.5 Å². The second-order valence-corrected chi connectivity index (χ2v) is 5.28. The zero-order valence-corrected chi connectivity index (χ0v) is 12.4. The van der Waals surface area contributed by atoms with Crippen molar-refractivity contribution >= 4 is 5.91 Å². The summed E-state index contributed by atoms with van der Waals surface area (Å²) in [4.78, 5) is 12.2. The van der Waals surface area contributed by atoms with Crippen LogP contribution in [0.4, 0.5) is 0 Å². The number of ether oxygens (including phenoxy) is 1. The first-order valence-electron chi connectivity index (χ1n) is 7.37. The van der Waals surface area contributed by atoms with Crippen LogP contribution in [0.2, 0.25) is 0 Å². The molecule has 1 amide bonds. The SMILES string of the molecule is CC(NC(=O)C1CCCOC1)c1cccc(C#CCN)c1. The number of rotatable bonds is 3. The van der Waals surface area contributed by atoms with Crippen molar-refractivity contribution < 1.29 is 9.53 Å². The Labute approximate surface area is 126 Å². The van der Waals surface area contributed by atoms with Crippen LogP contribution in [0.5, 0.6) is 0 Å². The van der Waals surface area contributed by atoms with Gasteiger partial charge in [0.2, 0.25) is 5.91 Å². The highest BCUT2D eigenvalue weighted by Gasteiger charge is 2.23. The van der Waals surface area contributed by atoms with Gasteiger partial charge >= 0.3 is 0 Å². The number of nitrogens with two attached hydrogens (primary N) is 1. The van der Waals surface area contributed by atoms with Crippen LogP contribution in [0.1, 0.15) is 36.9 Å². The van der Waals surface area contributed by atoms with Gasteiger partial charge in [0.1, 0.15) is 0 Å². The molecule has 0 radical (unpaired) electrons. The fourth-order valence-electron chi connectivity index (χ4n) is 2.40. The van der Waals surface area contributed by atoms with Crippen molar-refractivity contribution in [1.82, 2.24) is 5.32 Å². The van der Waals surface area contributed by atoms with Crippen molar-refractivity contribution in [2.75, 3.05) is 19.8 Å². The Bertz CT molecular complexity index is 539. The Hall–Kier alpha value is -1.83. The third-order valence-electron chi connectivity index (χ3n) is 3.61. The molecular formula is C17H22N2O2. The quantitative estimate of drug-likeness (QED) is 0.830. The molecule has 1 heterocycles. The van der Waals surface area contributed by atoms with E-state index in [2.05, 4.69) is 17.2 Å². The van der Waals surface area contributed by atoms with Crippen molar-refractivity contribution in [3.63, 3.8) is 0 Å². The summed E-state index contributed by atoms with van der Waals surface area (Å²) < 4.78 is 5.36. The van der Waals surface area contributed by atoms with Crippen molar-refractivity contribution in [1.29, 1.82) is 0 Å². The molecule has 0 aromatic heterocycles. The van der Waals surface area contributed by atoms with Crippen LogP contribution in [0.3, 0.4) is 0 Å². The van der Waals surface area contributed by atoms with Gasteiger partial charge in [0.05, 0.1) is 25.1 Å². The number of hydrogen-bond donors (Lipinski definition) is 2. The molecule has 1 aromatic carbocycles. The van der Waals surface area contributed by atoms with Gasteiger partial charge in [-0.25, -0.2) is 0 Å². The Morgan fingerprint density at radius 3 is 3.14 bits per heavy atom. The molecule has 3 N–H and O–H groups in total. The number of amides is 1. The van der Waals surface area contributed by atoms with Crippen LogP contribution in [-0.4, -0.2) is 25.7 Å². The topological polar surface area (TPSA) is 64.3 Å². The van der Waals surface area contributed by atoms with Crippen LogP contribution >= 0.6 is 0 Å². The normalized spacial score (nSPS) is 19.2. The molecule has 4 heteroatoms. The lowest BCUT2D eigenvalue weighted by molar-refractivity contribution is -0.129. The first kappa shape index (κ1) is 15.6. The monoisotopic (exact) mass is 286 g/mol. The molecule has 1 aromatic rings. The van der Waals surface area contributed by atoms with Gasteiger partial charge in [-0.15, -0.1) is 0 Å². The van der Waals surface area contributed by atoms with Crippen LogP contribution in [0.25, 0.3) is 0 Å². The average molecular weight is 286 g/mol. The average Bonchev–Trinajstić information content (AvgIpc) is 2.54. The lowest BCUT2D eigenvalue weighted by Crippen LogP contribution is -2.36. The molecule has 0 saturated carbocycles. The summed E-state index contributed by atoms with van der Waals surface area (Å²) in [5, 5.41) is 3.06. The molecule has 112 valence electrons. The standard InChI is InChI=1S/C17H22N2O2/c1-13(19-17(20)16-8-4-10-21-12-16)15-7-2-5-14(11-15)6-3-9-18/h2,5,7,11,13,16H,4,8-10,12,18H2,1H3,(H,19,20). The van der Waals surface area contributed by atoms with Crippen molar-refractivity contribution in [3.8, 4) is 11.8 Å². The van der Waals surface area contributed by atoms with E-state index in [1.807, 2.05) is 31.2 Å². The maximum atomic E-state index is 12.2. The molecule has 2 atom stereocenters. The Morgan fingerprint density at radius 1 is 1.57 bits per heavy atom. The van der Waals surface area contributed by atoms with Gasteiger partial charge in [0.25, 0.3) is 0 Å². The molecule has 2 unspecified atom stereocenters. The Morgan fingerprint density at radius 2 is 2.43 bits per heavy atom. The van der Waals surface area contributed by atoms with E-state index in [0.717, 1.165) is 30.6 Å². The van der Waals surface area contributed by atoms with Gasteiger partial charge in [-0.3, -0.25) is 4.79 Å². The number of hydrogen-bond acceptors (Lipinski definition) is 3. The lowest BCUT2D eigenvalue weighted by Gasteiger charge is -2.23. The lowest BCUT2D eigenvalue weighted by atomic mass is 9.99. The van der Waals surface area contributed by atoms with Gasteiger partial charge < -0.3 is 15.8 Å². The third-order valence-corrected chi connectivity index (χ3v) is 3.61. The number of benzene rings is 1. The van der Waals surface area contributed by atoms with Crippen molar-refractivity contribution in [3.05, 3.63) is 35.4 Å². The largest absolute Gasteiger partial charge is 0.381 e. The number of carbonyl (C=O) groups is 1. The Kier molecular flexibility index (Phi) is 5.79. The van der Waals surface area contributed by atoms with E-state index in [9.17, 15) is 4.79 Å². The first-order chi connectivity index (χ1) is 10.2. The van der Waals surface area contributed by atoms with Crippen LogP contribution in [0.15, 0.2) is 24.3 Å². The van der Waals surface area contributed by atoms with E-state index in [-0.39, 0.29) is 17.9 Å². The molecule has 0 bridgehead atoms. The zero-order valence-electron chi connectivity index (χ0n) is 12.4. The predicted molar refractivity (Wildman–Crippen MR) is 82.5 cm³/mol. The van der Waals surface area contributed by atoms with Crippen molar-refractivity contribution in [2.24, 2.45) is 11.7 Å². The molecular weight excluding hydrogens is 264 g/mol. The van der Waals surface area contributed by atoms with Gasteiger partial charge in [0, 0.05) is 12.2 Å². The number of nitrogens with one attached hydrogen (secondary N) is 1. The molecule has 0 spiro atoms. The first-order valence-corrected chi connectivity index (χ1v) is 7.37. The van der Waals surface area contributed by atoms with E-state index < -0.39 is 0 Å². The second-order valence-electron chi connectivity index (χ2n) is 5.28. The molecule has 1 fully saturated rings. The molecule has 1 saturated heterocycles. The second kappa shape index (κ2) is 7.82. The summed E-state index contributed by atoms with van der Waals surface area (Å²) in [5.74, 6) is 5.89. The predicted octanol–water partition coefficient (Wildman–Crippen LogP) is 1.60. The summed E-state index contributed by atoms with van der Waals surface area (Å²) in [6, 6.07) is 7.83. The van der Waals surface area contributed by atoms with Crippen molar-refractivity contribution in [2.45, 2.75) is 25.8 Å². The highest BCUT2D eigenvalue weighted by molar-refractivity contribution is 5.79. The van der Waals surface area contributed by atoms with E-state index >= 15 is 0 Å². The summed E-state index contributed by atoms with van der Waals surface area (Å²) in [5.41, 5.74) is 7.34. The molecule has 2 rings (SSSR count). The van der Waals surface area contributed by atoms with E-state index in [0.29, 0.717) is 13.2 Å². The minimum atomic E-state index is -0.0425. The number of carbonyl (C=O) groups excluding carboxylic acids is 1. The van der Waals surface area contributed by atoms with E-state index in [4.69, 9.17) is 10.5 Å². The minimum absolute atomic E-state index is 0.0265. The molecule has 21 heavy (non-hydrogen) atoms. The molecule has 4 nitrogen and oxygen atoms in total. The van der Waals surface area contributed by atoms with Crippen LogP contribution in [0, 0.1) is 17.8 Å². The molecule has 1 aliphatic heterocycles. The highest BCUT2D eigenvalue weighted by Crippen LogP contribution is 2.18. The summed E-state index contributed by atoms with van der Waals surface area (Å²) >= 11 is 0. The maximum absolute atomic E-state index is 12.2. The van der Waals surface area contributed by atoms with Crippen LogP contribution in [-0.2, 0) is 9.53 Å². The fraction of sp³-hybridized carbons (Fsp3) is 0.471. The molecule has 1 aliphatic rings. The van der Waals surface area contributed by atoms with Gasteiger partial charge in [-0.2, -0.15) is 0 Å². The van der Waals surface area contributed by atoms with E-state index in [1.54, 1.807) is 0 Å². The van der Waals surface area contributed by atoms with Gasteiger partial charge in [-0.1, -0.05) is 24.0 Å². The minimum Gasteiger partial charge on any atom is -0.381 e. The van der Waals surface area contributed by atoms with E-state index in [1.165, 1.54) is 0 Å². The maximum Gasteiger partial charge on any atom is 0.225 e. The van der Waals surface area contributed by atoms with Crippen LogP contribution < -0.4 is 11.1 Å². The van der Waals surface area contributed by atoms with Gasteiger partial charge in [0.15, 0.2) is 0 Å². The highest BCUT2D eigenvalue weighted by atomic mass is 16.5. The third kappa shape index (κ3) is 4.59. The fourth-order valence-corrected chi connectivity index (χ4v) is 2.40. The summed E-state index contributed by atoms with van der Waals surface area (Å²) in [6.07, 6.45) is 1.86. The zero-order chi connectivity index (χ0) is 15.1. The summed E-state index contributed by atoms with van der Waals surface area (Å²) in [7, 11) is 0. The summed E-state index contributed by atoms with van der Waals surface area (Å²) in [6.45, 7) is 3.62. The molecule has 0 aliphatic carbocycles. The Balaban J connectivity index is 1.99.